The largest absolute Gasteiger partial charge is 0.332 e. The topological polar surface area (TPSA) is 34.9 Å². The van der Waals surface area contributed by atoms with Gasteiger partial charge in [-0.25, -0.2) is 4.98 Å². The average Bonchev–Trinajstić information content (AvgIpc) is 2.47. The van der Waals surface area contributed by atoms with Gasteiger partial charge in [0, 0.05) is 31.3 Å². The van der Waals surface area contributed by atoms with Crippen LogP contribution >= 0.6 is 0 Å². The van der Waals surface area contributed by atoms with Crippen molar-refractivity contribution in [3.63, 3.8) is 0 Å². The van der Waals surface area contributed by atoms with Gasteiger partial charge in [-0.3, -0.25) is 4.79 Å². The Hall–Kier alpha value is -1.12. The third kappa shape index (κ3) is 1.72. The molecule has 0 saturated carbocycles. The summed E-state index contributed by atoms with van der Waals surface area (Å²) in [5.41, 5.74) is 1.08. The van der Waals surface area contributed by atoms with Crippen LogP contribution in [0.2, 0.25) is 0 Å². The van der Waals surface area contributed by atoms with Crippen LogP contribution in [0.5, 0.6) is 0 Å². The molecule has 1 aliphatic heterocycles. The van der Waals surface area contributed by atoms with E-state index >= 15 is 0 Å². The van der Waals surface area contributed by atoms with E-state index < -0.39 is 0 Å². The van der Waals surface area contributed by atoms with Crippen LogP contribution in [0.25, 0.3) is 0 Å². The van der Waals surface area contributed by atoms with Crippen molar-refractivity contribution in [2.45, 2.75) is 39.7 Å². The Labute approximate surface area is 84.1 Å². The second kappa shape index (κ2) is 3.56. The van der Waals surface area contributed by atoms with Crippen LogP contribution in [-0.4, -0.2) is 15.3 Å². The summed E-state index contributed by atoms with van der Waals surface area (Å²) in [5, 5.41) is 0. The first-order valence-corrected chi connectivity index (χ1v) is 5.19. The molecule has 1 aromatic heterocycles. The standard InChI is InChI=1S/C11H16N2O/c1-8-3-4-13-10(6-9(2)14)7-12-11(13)5-8/h7-8H,3-6H2,1-2H3. The Morgan fingerprint density at radius 2 is 2.50 bits per heavy atom. The number of aromatic nitrogens is 2. The van der Waals surface area contributed by atoms with Crippen LogP contribution in [0.1, 0.15) is 31.8 Å². The molecule has 0 aliphatic carbocycles. The number of carbonyl (C=O) groups excluding carboxylic acids is 1. The zero-order valence-electron chi connectivity index (χ0n) is 8.79. The molecule has 0 N–H and O–H groups in total. The first kappa shape index (κ1) is 9.44. The molecule has 0 radical (unpaired) electrons. The number of imidazole rings is 1. The minimum absolute atomic E-state index is 0.214. The van der Waals surface area contributed by atoms with Gasteiger partial charge in [0.15, 0.2) is 0 Å². The van der Waals surface area contributed by atoms with Crippen molar-refractivity contribution >= 4 is 5.78 Å². The van der Waals surface area contributed by atoms with Gasteiger partial charge < -0.3 is 4.57 Å². The summed E-state index contributed by atoms with van der Waals surface area (Å²) in [7, 11) is 0. The molecule has 0 amide bonds. The van der Waals surface area contributed by atoms with E-state index in [1.54, 1.807) is 6.92 Å². The summed E-state index contributed by atoms with van der Waals surface area (Å²) < 4.78 is 2.21. The fourth-order valence-electron chi connectivity index (χ4n) is 2.05. The summed E-state index contributed by atoms with van der Waals surface area (Å²) in [6.45, 7) is 4.91. The molecule has 3 heteroatoms. The second-order valence-electron chi connectivity index (χ2n) is 4.29. The van der Waals surface area contributed by atoms with E-state index in [2.05, 4.69) is 16.5 Å². The highest BCUT2D eigenvalue weighted by atomic mass is 16.1. The van der Waals surface area contributed by atoms with E-state index in [9.17, 15) is 4.79 Å². The summed E-state index contributed by atoms with van der Waals surface area (Å²) >= 11 is 0. The summed E-state index contributed by atoms with van der Waals surface area (Å²) in [4.78, 5) is 15.4. The number of nitrogens with zero attached hydrogens (tertiary/aromatic N) is 2. The molecule has 14 heavy (non-hydrogen) atoms. The first-order chi connectivity index (χ1) is 6.66. The summed E-state index contributed by atoms with van der Waals surface area (Å²) in [5.74, 6) is 2.10. The second-order valence-corrected chi connectivity index (χ2v) is 4.29. The van der Waals surface area contributed by atoms with E-state index in [0.29, 0.717) is 6.42 Å². The van der Waals surface area contributed by atoms with Gasteiger partial charge in [-0.15, -0.1) is 0 Å². The molecule has 3 nitrogen and oxygen atoms in total. The molecule has 76 valence electrons. The predicted molar refractivity (Wildman–Crippen MR) is 54.1 cm³/mol. The minimum Gasteiger partial charge on any atom is -0.332 e. The number of ketones is 1. The first-order valence-electron chi connectivity index (χ1n) is 5.19. The maximum atomic E-state index is 11.0. The van der Waals surface area contributed by atoms with Crippen molar-refractivity contribution in [3.8, 4) is 0 Å². The van der Waals surface area contributed by atoms with Crippen molar-refractivity contribution in [2.75, 3.05) is 0 Å². The molecular formula is C11H16N2O. The fourth-order valence-corrected chi connectivity index (χ4v) is 2.05. The van der Waals surface area contributed by atoms with E-state index in [0.717, 1.165) is 30.4 Å². The van der Waals surface area contributed by atoms with Gasteiger partial charge in [0.2, 0.25) is 0 Å². The Morgan fingerprint density at radius 3 is 3.21 bits per heavy atom. The van der Waals surface area contributed by atoms with Crippen molar-refractivity contribution in [2.24, 2.45) is 5.92 Å². The predicted octanol–water partition coefficient (Wildman–Crippen LogP) is 1.60. The Kier molecular flexibility index (Phi) is 2.40. The molecule has 0 bridgehead atoms. The zero-order valence-corrected chi connectivity index (χ0v) is 8.79. The maximum Gasteiger partial charge on any atom is 0.135 e. The van der Waals surface area contributed by atoms with E-state index in [1.807, 2.05) is 6.20 Å². The molecule has 2 rings (SSSR count). The van der Waals surface area contributed by atoms with Gasteiger partial charge in [-0.2, -0.15) is 0 Å². The van der Waals surface area contributed by atoms with Gasteiger partial charge in [0.05, 0.1) is 0 Å². The average molecular weight is 192 g/mol. The highest BCUT2D eigenvalue weighted by Crippen LogP contribution is 2.20. The van der Waals surface area contributed by atoms with Crippen LogP contribution in [0.15, 0.2) is 6.20 Å². The lowest BCUT2D eigenvalue weighted by Crippen LogP contribution is -2.19. The molecule has 1 aromatic rings. The van der Waals surface area contributed by atoms with Gasteiger partial charge in [0.1, 0.15) is 11.6 Å². The number of fused-ring (bicyclic) bond motifs is 1. The number of Topliss-reactive ketones (excluding diaryl/α,β-unsaturated/α-hetero) is 1. The summed E-state index contributed by atoms with van der Waals surface area (Å²) in [6.07, 6.45) is 4.64. The van der Waals surface area contributed by atoms with E-state index in [4.69, 9.17) is 0 Å². The molecule has 2 heterocycles. The highest BCUT2D eigenvalue weighted by molar-refractivity contribution is 5.77. The molecule has 0 aromatic carbocycles. The van der Waals surface area contributed by atoms with Gasteiger partial charge >= 0.3 is 0 Å². The number of hydrogen-bond acceptors (Lipinski definition) is 2. The fraction of sp³-hybridized carbons (Fsp3) is 0.636. The zero-order chi connectivity index (χ0) is 10.1. The molecule has 0 fully saturated rings. The van der Waals surface area contributed by atoms with Crippen LogP contribution in [-0.2, 0) is 24.2 Å². The van der Waals surface area contributed by atoms with Gasteiger partial charge in [-0.05, 0) is 19.3 Å². The Morgan fingerprint density at radius 1 is 1.71 bits per heavy atom. The molecule has 1 aliphatic rings. The summed E-state index contributed by atoms with van der Waals surface area (Å²) in [6, 6.07) is 0. The molecule has 1 atom stereocenters. The normalized spacial score (nSPS) is 20.6. The van der Waals surface area contributed by atoms with Gasteiger partial charge in [-0.1, -0.05) is 6.92 Å². The number of hydrogen-bond donors (Lipinski definition) is 0. The van der Waals surface area contributed by atoms with Crippen LogP contribution in [0, 0.1) is 5.92 Å². The Bertz CT molecular complexity index is 354. The maximum absolute atomic E-state index is 11.0. The molecule has 1 unspecified atom stereocenters. The molecular weight excluding hydrogens is 176 g/mol. The van der Waals surface area contributed by atoms with E-state index in [-0.39, 0.29) is 5.78 Å². The number of rotatable bonds is 2. The van der Waals surface area contributed by atoms with Crippen LogP contribution < -0.4 is 0 Å². The van der Waals surface area contributed by atoms with Gasteiger partial charge in [0.25, 0.3) is 0 Å². The van der Waals surface area contributed by atoms with Crippen molar-refractivity contribution in [1.29, 1.82) is 0 Å². The van der Waals surface area contributed by atoms with Crippen molar-refractivity contribution in [3.05, 3.63) is 17.7 Å². The van der Waals surface area contributed by atoms with Crippen molar-refractivity contribution < 1.29 is 4.79 Å². The molecule has 0 saturated heterocycles. The number of carbonyl (C=O) groups is 1. The quantitative estimate of drug-likeness (QED) is 0.713. The lowest BCUT2D eigenvalue weighted by molar-refractivity contribution is -0.116. The monoisotopic (exact) mass is 192 g/mol. The van der Waals surface area contributed by atoms with Crippen LogP contribution in [0.3, 0.4) is 0 Å². The lowest BCUT2D eigenvalue weighted by Gasteiger charge is -2.21. The Balaban J connectivity index is 2.24. The smallest absolute Gasteiger partial charge is 0.135 e. The molecule has 0 spiro atoms. The third-order valence-electron chi connectivity index (χ3n) is 2.83. The van der Waals surface area contributed by atoms with Crippen molar-refractivity contribution in [1.82, 2.24) is 9.55 Å². The van der Waals surface area contributed by atoms with Crippen LogP contribution in [0.4, 0.5) is 0 Å². The highest BCUT2D eigenvalue weighted by Gasteiger charge is 2.18. The minimum atomic E-state index is 0.214. The third-order valence-corrected chi connectivity index (χ3v) is 2.83. The SMILES string of the molecule is CC(=O)Cc1cnc2n1CCC(C)C2. The van der Waals surface area contributed by atoms with E-state index in [1.165, 1.54) is 6.42 Å². The lowest BCUT2D eigenvalue weighted by atomic mass is 10.0.